The first kappa shape index (κ1) is 16.7. The summed E-state index contributed by atoms with van der Waals surface area (Å²) in [5.41, 5.74) is 0.884. The summed E-state index contributed by atoms with van der Waals surface area (Å²) < 4.78 is 27.1. The van der Waals surface area contributed by atoms with Gasteiger partial charge in [0.2, 0.25) is 10.0 Å². The van der Waals surface area contributed by atoms with Crippen LogP contribution >= 0.6 is 11.6 Å². The molecule has 2 rings (SSSR count). The number of halogens is 1. The van der Waals surface area contributed by atoms with Crippen molar-refractivity contribution in [2.75, 3.05) is 33.2 Å². The topological polar surface area (TPSA) is 61.4 Å². The van der Waals surface area contributed by atoms with Gasteiger partial charge in [-0.1, -0.05) is 17.7 Å². The van der Waals surface area contributed by atoms with Gasteiger partial charge in [-0.25, -0.2) is 13.1 Å². The van der Waals surface area contributed by atoms with Crippen LogP contribution < -0.4 is 10.0 Å². The molecule has 0 radical (unpaired) electrons. The summed E-state index contributed by atoms with van der Waals surface area (Å²) in [4.78, 5) is 2.49. The Kier molecular flexibility index (Phi) is 6.01. The van der Waals surface area contributed by atoms with E-state index in [9.17, 15) is 8.42 Å². The minimum absolute atomic E-state index is 0.216. The van der Waals surface area contributed by atoms with Gasteiger partial charge in [-0.15, -0.1) is 0 Å². The highest BCUT2D eigenvalue weighted by atomic mass is 35.5. The largest absolute Gasteiger partial charge is 0.316 e. The summed E-state index contributed by atoms with van der Waals surface area (Å²) in [6.45, 7) is 3.92. The Hall–Kier alpha value is -0.660. The van der Waals surface area contributed by atoms with Gasteiger partial charge >= 0.3 is 0 Å². The summed E-state index contributed by atoms with van der Waals surface area (Å²) in [6, 6.07) is 4.84. The number of hydrogen-bond acceptors (Lipinski definition) is 4. The van der Waals surface area contributed by atoms with Crippen molar-refractivity contribution < 1.29 is 8.42 Å². The summed E-state index contributed by atoms with van der Waals surface area (Å²) in [6.07, 6.45) is 2.41. The zero-order valence-corrected chi connectivity index (χ0v) is 13.8. The summed E-state index contributed by atoms with van der Waals surface area (Å²) >= 11 is 6.11. The van der Waals surface area contributed by atoms with Crippen molar-refractivity contribution in [1.82, 2.24) is 14.9 Å². The quantitative estimate of drug-likeness (QED) is 0.793. The molecule has 0 aromatic heterocycles. The molecule has 2 N–H and O–H groups in total. The molecule has 0 spiro atoms. The van der Waals surface area contributed by atoms with E-state index in [-0.39, 0.29) is 4.90 Å². The highest BCUT2D eigenvalue weighted by molar-refractivity contribution is 7.89. The van der Waals surface area contributed by atoms with Gasteiger partial charge in [-0.3, -0.25) is 0 Å². The van der Waals surface area contributed by atoms with Crippen molar-refractivity contribution in [3.63, 3.8) is 0 Å². The van der Waals surface area contributed by atoms with Crippen molar-refractivity contribution >= 4 is 21.6 Å². The third-order valence-corrected chi connectivity index (χ3v) is 5.43. The number of benzene rings is 1. The van der Waals surface area contributed by atoms with Crippen molar-refractivity contribution in [2.24, 2.45) is 0 Å². The number of nitrogens with one attached hydrogen (secondary N) is 2. The van der Waals surface area contributed by atoms with E-state index >= 15 is 0 Å². The van der Waals surface area contributed by atoms with Crippen LogP contribution in [-0.4, -0.2) is 46.5 Å². The zero-order valence-electron chi connectivity index (χ0n) is 12.2. The van der Waals surface area contributed by atoms with Crippen LogP contribution in [0.1, 0.15) is 18.4 Å². The molecule has 0 aliphatic carbocycles. The lowest BCUT2D eigenvalue weighted by Gasteiger charge is -2.15. The number of nitrogens with zero attached hydrogens (tertiary/aromatic N) is 1. The van der Waals surface area contributed by atoms with Gasteiger partial charge < -0.3 is 10.2 Å². The van der Waals surface area contributed by atoms with Gasteiger partial charge in [-0.2, -0.15) is 0 Å². The highest BCUT2D eigenvalue weighted by Crippen LogP contribution is 2.20. The minimum Gasteiger partial charge on any atom is -0.316 e. The van der Waals surface area contributed by atoms with Crippen LogP contribution in [0.3, 0.4) is 0 Å². The number of sulfonamides is 1. The Bertz CT molecular complexity index is 572. The van der Waals surface area contributed by atoms with Crippen LogP contribution in [0.4, 0.5) is 0 Å². The summed E-state index contributed by atoms with van der Waals surface area (Å²) in [5.74, 6) is 0. The van der Waals surface area contributed by atoms with Crippen molar-refractivity contribution in [3.05, 3.63) is 28.8 Å². The standard InChI is InChI=1S/C14H22ClN3O2S/c1-16-11-12-4-5-13(10-14(12)15)21(19,20)17-6-9-18-7-2-3-8-18/h4-5,10,16-17H,2-3,6-9,11H2,1H3. The predicted octanol–water partition coefficient (Wildman–Crippen LogP) is 1.43. The molecule has 1 fully saturated rings. The molecule has 1 heterocycles. The van der Waals surface area contributed by atoms with E-state index in [1.807, 2.05) is 7.05 Å². The van der Waals surface area contributed by atoms with Crippen molar-refractivity contribution in [3.8, 4) is 0 Å². The molecular formula is C14H22ClN3O2S. The number of hydrogen-bond donors (Lipinski definition) is 2. The van der Waals surface area contributed by atoms with E-state index in [0.717, 1.165) is 25.2 Å². The fourth-order valence-corrected chi connectivity index (χ4v) is 3.82. The highest BCUT2D eigenvalue weighted by Gasteiger charge is 2.17. The van der Waals surface area contributed by atoms with Gasteiger partial charge in [0.25, 0.3) is 0 Å². The van der Waals surface area contributed by atoms with Crippen LogP contribution in [-0.2, 0) is 16.6 Å². The maximum atomic E-state index is 12.2. The predicted molar refractivity (Wildman–Crippen MR) is 85.1 cm³/mol. The van der Waals surface area contributed by atoms with E-state index in [0.29, 0.717) is 18.1 Å². The molecule has 5 nitrogen and oxygen atoms in total. The van der Waals surface area contributed by atoms with Crippen LogP contribution in [0.2, 0.25) is 5.02 Å². The van der Waals surface area contributed by atoms with E-state index < -0.39 is 10.0 Å². The average Bonchev–Trinajstić information content (AvgIpc) is 2.94. The molecule has 1 aliphatic heterocycles. The second-order valence-electron chi connectivity index (χ2n) is 5.23. The average molecular weight is 332 g/mol. The van der Waals surface area contributed by atoms with Crippen molar-refractivity contribution in [2.45, 2.75) is 24.3 Å². The fraction of sp³-hybridized carbons (Fsp3) is 0.571. The molecule has 21 heavy (non-hydrogen) atoms. The van der Waals surface area contributed by atoms with E-state index in [1.54, 1.807) is 12.1 Å². The van der Waals surface area contributed by atoms with Crippen molar-refractivity contribution in [1.29, 1.82) is 0 Å². The lowest BCUT2D eigenvalue weighted by Crippen LogP contribution is -2.33. The molecule has 1 aromatic rings. The molecule has 7 heteroatoms. The summed E-state index contributed by atoms with van der Waals surface area (Å²) in [7, 11) is -1.67. The molecule has 1 saturated heterocycles. The van der Waals surface area contributed by atoms with Crippen LogP contribution in [0, 0.1) is 0 Å². The lowest BCUT2D eigenvalue weighted by atomic mass is 10.2. The Balaban J connectivity index is 1.96. The second kappa shape index (κ2) is 7.56. The van der Waals surface area contributed by atoms with Crippen LogP contribution in [0.5, 0.6) is 0 Å². The van der Waals surface area contributed by atoms with E-state index in [4.69, 9.17) is 11.6 Å². The molecule has 0 amide bonds. The first-order chi connectivity index (χ1) is 10.0. The number of rotatable bonds is 7. The Labute approximate surface area is 131 Å². The molecule has 0 atom stereocenters. The molecule has 118 valence electrons. The van der Waals surface area contributed by atoms with E-state index in [1.165, 1.54) is 18.9 Å². The SMILES string of the molecule is CNCc1ccc(S(=O)(=O)NCCN2CCCC2)cc1Cl. The Morgan fingerprint density at radius 3 is 2.62 bits per heavy atom. The molecule has 1 aliphatic rings. The molecule has 0 bridgehead atoms. The molecule has 0 unspecified atom stereocenters. The molecular weight excluding hydrogens is 310 g/mol. The maximum absolute atomic E-state index is 12.2. The minimum atomic E-state index is -3.49. The lowest BCUT2D eigenvalue weighted by molar-refractivity contribution is 0.344. The Morgan fingerprint density at radius 2 is 2.00 bits per heavy atom. The normalized spacial score (nSPS) is 16.5. The first-order valence-corrected chi connectivity index (χ1v) is 9.04. The third kappa shape index (κ3) is 4.66. The monoisotopic (exact) mass is 331 g/mol. The first-order valence-electron chi connectivity index (χ1n) is 7.18. The van der Waals surface area contributed by atoms with Gasteiger partial charge in [0.1, 0.15) is 0 Å². The van der Waals surface area contributed by atoms with Crippen LogP contribution in [0.15, 0.2) is 23.1 Å². The second-order valence-corrected chi connectivity index (χ2v) is 7.40. The third-order valence-electron chi connectivity index (χ3n) is 3.62. The molecule has 0 saturated carbocycles. The smallest absolute Gasteiger partial charge is 0.240 e. The fourth-order valence-electron chi connectivity index (χ4n) is 2.46. The zero-order chi connectivity index (χ0) is 15.3. The maximum Gasteiger partial charge on any atom is 0.240 e. The van der Waals surface area contributed by atoms with Gasteiger partial charge in [-0.05, 0) is 50.7 Å². The number of likely N-dealkylation sites (tertiary alicyclic amines) is 1. The van der Waals surface area contributed by atoms with E-state index in [2.05, 4.69) is 14.9 Å². The van der Waals surface area contributed by atoms with Crippen LogP contribution in [0.25, 0.3) is 0 Å². The molecule has 1 aromatic carbocycles. The Morgan fingerprint density at radius 1 is 1.29 bits per heavy atom. The summed E-state index contributed by atoms with van der Waals surface area (Å²) in [5, 5.41) is 3.46. The van der Waals surface area contributed by atoms with Gasteiger partial charge in [0, 0.05) is 24.7 Å². The van der Waals surface area contributed by atoms with Gasteiger partial charge in [0.15, 0.2) is 0 Å². The van der Waals surface area contributed by atoms with Gasteiger partial charge in [0.05, 0.1) is 4.90 Å².